The van der Waals surface area contributed by atoms with Crippen molar-refractivity contribution in [3.63, 3.8) is 0 Å². The van der Waals surface area contributed by atoms with Crippen LogP contribution < -0.4 is 5.32 Å². The normalized spacial score (nSPS) is 18.0. The van der Waals surface area contributed by atoms with Crippen LogP contribution in [0.15, 0.2) is 16.6 Å². The van der Waals surface area contributed by atoms with E-state index in [1.54, 1.807) is 6.07 Å². The Labute approximate surface area is 123 Å². The number of anilines is 1. The van der Waals surface area contributed by atoms with Crippen molar-refractivity contribution in [3.8, 4) is 0 Å². The standard InChI is InChI=1S/C15H22BrFN2/c1-10(2)19-6-4-12(5-7-19)18-15-9-13(16)14(17)8-11(15)3/h8-10,12,18H,4-7H2,1-3H3. The summed E-state index contributed by atoms with van der Waals surface area (Å²) in [5.74, 6) is -0.197. The Bertz CT molecular complexity index is 440. The van der Waals surface area contributed by atoms with Crippen LogP contribution in [0.4, 0.5) is 10.1 Å². The Kier molecular flexibility index (Phi) is 4.85. The molecule has 1 aliphatic heterocycles. The number of hydrogen-bond donors (Lipinski definition) is 1. The van der Waals surface area contributed by atoms with Gasteiger partial charge < -0.3 is 10.2 Å². The highest BCUT2D eigenvalue weighted by Gasteiger charge is 2.21. The Morgan fingerprint density at radius 2 is 1.95 bits per heavy atom. The van der Waals surface area contributed by atoms with Crippen molar-refractivity contribution in [1.82, 2.24) is 4.90 Å². The molecular weight excluding hydrogens is 307 g/mol. The first-order valence-corrected chi connectivity index (χ1v) is 7.73. The van der Waals surface area contributed by atoms with E-state index in [-0.39, 0.29) is 5.82 Å². The third-order valence-corrected chi connectivity index (χ3v) is 4.49. The Balaban J connectivity index is 1.98. The van der Waals surface area contributed by atoms with Gasteiger partial charge in [0.15, 0.2) is 0 Å². The summed E-state index contributed by atoms with van der Waals surface area (Å²) >= 11 is 3.25. The number of nitrogens with one attached hydrogen (secondary N) is 1. The molecule has 2 rings (SSSR count). The van der Waals surface area contributed by atoms with Gasteiger partial charge in [0.05, 0.1) is 4.47 Å². The van der Waals surface area contributed by atoms with Gasteiger partial charge in [-0.1, -0.05) is 0 Å². The predicted octanol–water partition coefficient (Wildman–Crippen LogP) is 4.18. The number of halogens is 2. The summed E-state index contributed by atoms with van der Waals surface area (Å²) in [5.41, 5.74) is 2.00. The molecule has 1 saturated heterocycles. The van der Waals surface area contributed by atoms with Crippen LogP contribution in [0.3, 0.4) is 0 Å². The summed E-state index contributed by atoms with van der Waals surface area (Å²) in [6.07, 6.45) is 2.29. The summed E-state index contributed by atoms with van der Waals surface area (Å²) < 4.78 is 13.9. The second-order valence-corrected chi connectivity index (χ2v) is 6.48. The van der Waals surface area contributed by atoms with E-state index >= 15 is 0 Å². The van der Waals surface area contributed by atoms with Gasteiger partial charge >= 0.3 is 0 Å². The lowest BCUT2D eigenvalue weighted by Gasteiger charge is -2.35. The molecule has 4 heteroatoms. The van der Waals surface area contributed by atoms with E-state index in [9.17, 15) is 4.39 Å². The van der Waals surface area contributed by atoms with Crippen molar-refractivity contribution in [1.29, 1.82) is 0 Å². The van der Waals surface area contributed by atoms with E-state index in [0.717, 1.165) is 37.2 Å². The van der Waals surface area contributed by atoms with Crippen molar-refractivity contribution in [2.75, 3.05) is 18.4 Å². The summed E-state index contributed by atoms with van der Waals surface area (Å²) in [6, 6.07) is 4.54. The van der Waals surface area contributed by atoms with Crippen LogP contribution in [0.25, 0.3) is 0 Å². The second-order valence-electron chi connectivity index (χ2n) is 5.63. The second kappa shape index (κ2) is 6.23. The number of aryl methyl sites for hydroxylation is 1. The van der Waals surface area contributed by atoms with Gasteiger partial charge in [-0.2, -0.15) is 0 Å². The van der Waals surface area contributed by atoms with Gasteiger partial charge in [-0.15, -0.1) is 0 Å². The zero-order valence-electron chi connectivity index (χ0n) is 11.8. The van der Waals surface area contributed by atoms with E-state index < -0.39 is 0 Å². The third-order valence-electron chi connectivity index (χ3n) is 3.89. The van der Waals surface area contributed by atoms with Gasteiger partial charge in [0.25, 0.3) is 0 Å². The van der Waals surface area contributed by atoms with Crippen molar-refractivity contribution in [3.05, 3.63) is 28.0 Å². The van der Waals surface area contributed by atoms with Crippen LogP contribution in [-0.2, 0) is 0 Å². The van der Waals surface area contributed by atoms with Crippen molar-refractivity contribution in [2.24, 2.45) is 0 Å². The SMILES string of the molecule is Cc1cc(F)c(Br)cc1NC1CCN(C(C)C)CC1. The zero-order chi connectivity index (χ0) is 14.0. The average molecular weight is 329 g/mol. The first-order chi connectivity index (χ1) is 8.97. The molecule has 0 bridgehead atoms. The van der Waals surface area contributed by atoms with E-state index in [2.05, 4.69) is 40.0 Å². The summed E-state index contributed by atoms with van der Waals surface area (Å²) in [6.45, 7) is 8.71. The number of benzene rings is 1. The molecule has 1 heterocycles. The van der Waals surface area contributed by atoms with Crippen LogP contribution in [0.1, 0.15) is 32.3 Å². The molecule has 0 aliphatic carbocycles. The molecule has 106 valence electrons. The average Bonchev–Trinajstić information content (AvgIpc) is 2.36. The molecule has 1 aromatic carbocycles. The minimum Gasteiger partial charge on any atom is -0.382 e. The lowest BCUT2D eigenvalue weighted by molar-refractivity contribution is 0.177. The van der Waals surface area contributed by atoms with Crippen LogP contribution in [-0.4, -0.2) is 30.1 Å². The van der Waals surface area contributed by atoms with Gasteiger partial charge in [0, 0.05) is 30.9 Å². The van der Waals surface area contributed by atoms with Crippen LogP contribution in [0.5, 0.6) is 0 Å². The van der Waals surface area contributed by atoms with E-state index in [1.165, 1.54) is 0 Å². The van der Waals surface area contributed by atoms with Crippen molar-refractivity contribution < 1.29 is 4.39 Å². The van der Waals surface area contributed by atoms with Gasteiger partial charge in [-0.25, -0.2) is 4.39 Å². The van der Waals surface area contributed by atoms with E-state index in [1.807, 2.05) is 13.0 Å². The highest BCUT2D eigenvalue weighted by molar-refractivity contribution is 9.10. The Morgan fingerprint density at radius 3 is 2.53 bits per heavy atom. The van der Waals surface area contributed by atoms with Crippen LogP contribution in [0, 0.1) is 12.7 Å². The number of piperidine rings is 1. The topological polar surface area (TPSA) is 15.3 Å². The number of nitrogens with zero attached hydrogens (tertiary/aromatic N) is 1. The lowest BCUT2D eigenvalue weighted by Crippen LogP contribution is -2.42. The van der Waals surface area contributed by atoms with Gasteiger partial charge in [0.1, 0.15) is 5.82 Å². The molecule has 0 unspecified atom stereocenters. The highest BCUT2D eigenvalue weighted by Crippen LogP contribution is 2.26. The molecule has 0 aromatic heterocycles. The van der Waals surface area contributed by atoms with E-state index in [0.29, 0.717) is 16.6 Å². The van der Waals surface area contributed by atoms with Gasteiger partial charge in [0.2, 0.25) is 0 Å². The van der Waals surface area contributed by atoms with Crippen LogP contribution >= 0.6 is 15.9 Å². The fourth-order valence-corrected chi connectivity index (χ4v) is 2.93. The Morgan fingerprint density at radius 1 is 1.32 bits per heavy atom. The van der Waals surface area contributed by atoms with Gasteiger partial charge in [-0.3, -0.25) is 0 Å². The molecule has 0 saturated carbocycles. The predicted molar refractivity (Wildman–Crippen MR) is 82.2 cm³/mol. The van der Waals surface area contributed by atoms with Crippen molar-refractivity contribution in [2.45, 2.75) is 45.7 Å². The third kappa shape index (κ3) is 3.69. The smallest absolute Gasteiger partial charge is 0.137 e. The van der Waals surface area contributed by atoms with Crippen LogP contribution in [0.2, 0.25) is 0 Å². The molecule has 0 atom stereocenters. The minimum atomic E-state index is -0.197. The van der Waals surface area contributed by atoms with E-state index in [4.69, 9.17) is 0 Å². The molecule has 0 amide bonds. The molecule has 1 aliphatic rings. The maximum absolute atomic E-state index is 13.4. The molecule has 1 aromatic rings. The molecule has 19 heavy (non-hydrogen) atoms. The fourth-order valence-electron chi connectivity index (χ4n) is 2.58. The van der Waals surface area contributed by atoms with Gasteiger partial charge in [-0.05, 0) is 67.2 Å². The number of rotatable bonds is 3. The molecule has 2 nitrogen and oxygen atoms in total. The number of hydrogen-bond acceptors (Lipinski definition) is 2. The minimum absolute atomic E-state index is 0.197. The first-order valence-electron chi connectivity index (χ1n) is 6.93. The maximum Gasteiger partial charge on any atom is 0.137 e. The quantitative estimate of drug-likeness (QED) is 0.895. The highest BCUT2D eigenvalue weighted by atomic mass is 79.9. The molecule has 0 radical (unpaired) electrons. The fraction of sp³-hybridized carbons (Fsp3) is 0.600. The maximum atomic E-state index is 13.4. The lowest BCUT2D eigenvalue weighted by atomic mass is 10.0. The largest absolute Gasteiger partial charge is 0.382 e. The number of likely N-dealkylation sites (tertiary alicyclic amines) is 1. The zero-order valence-corrected chi connectivity index (χ0v) is 13.4. The molecule has 1 fully saturated rings. The summed E-state index contributed by atoms with van der Waals surface area (Å²) in [7, 11) is 0. The summed E-state index contributed by atoms with van der Waals surface area (Å²) in [5, 5.41) is 3.55. The Hall–Kier alpha value is -0.610. The van der Waals surface area contributed by atoms with Crippen molar-refractivity contribution >= 4 is 21.6 Å². The monoisotopic (exact) mass is 328 g/mol. The summed E-state index contributed by atoms with van der Waals surface area (Å²) in [4.78, 5) is 2.51. The molecular formula is C15H22BrFN2. The molecule has 1 N–H and O–H groups in total. The first kappa shape index (κ1) is 14.8. The molecule has 0 spiro atoms.